The molecule has 0 aliphatic heterocycles. The Labute approximate surface area is 158 Å². The molecule has 4 aromatic rings. The molecule has 0 saturated carbocycles. The van der Waals surface area contributed by atoms with Gasteiger partial charge < -0.3 is 0 Å². The first-order valence-electron chi connectivity index (χ1n) is 8.11. The summed E-state index contributed by atoms with van der Waals surface area (Å²) >= 11 is 1.31. The Morgan fingerprint density at radius 3 is 2.67 bits per heavy atom. The van der Waals surface area contributed by atoms with E-state index < -0.39 is 10.8 Å². The van der Waals surface area contributed by atoms with Gasteiger partial charge in [-0.25, -0.2) is 4.98 Å². The molecule has 132 valence electrons. The highest BCUT2D eigenvalue weighted by Gasteiger charge is 2.14. The lowest BCUT2D eigenvalue weighted by Crippen LogP contribution is -2.11. The highest BCUT2D eigenvalue weighted by atomic mass is 32.1. The van der Waals surface area contributed by atoms with Crippen LogP contribution in [0.5, 0.6) is 0 Å². The molecule has 0 fully saturated rings. The predicted molar refractivity (Wildman–Crippen MR) is 106 cm³/mol. The lowest BCUT2D eigenvalue weighted by Gasteiger charge is -2.04. The van der Waals surface area contributed by atoms with E-state index in [-0.39, 0.29) is 11.3 Å². The third-order valence-corrected chi connectivity index (χ3v) is 4.87. The number of fused-ring (bicyclic) bond motifs is 1. The quantitative estimate of drug-likeness (QED) is 0.396. The van der Waals surface area contributed by atoms with Gasteiger partial charge in [-0.05, 0) is 16.8 Å². The minimum Gasteiger partial charge on any atom is -0.298 e. The van der Waals surface area contributed by atoms with Crippen LogP contribution in [0.4, 0.5) is 10.8 Å². The molecule has 3 aromatic carbocycles. The Morgan fingerprint density at radius 2 is 1.81 bits per heavy atom. The van der Waals surface area contributed by atoms with Crippen LogP contribution in [-0.2, 0) is 0 Å². The number of nitrogens with zero attached hydrogens (tertiary/aromatic N) is 2. The van der Waals surface area contributed by atoms with Crippen molar-refractivity contribution in [3.63, 3.8) is 0 Å². The number of thiazole rings is 1. The normalized spacial score (nSPS) is 10.7. The van der Waals surface area contributed by atoms with Gasteiger partial charge in [0.2, 0.25) is 0 Å². The van der Waals surface area contributed by atoms with Crippen molar-refractivity contribution >= 4 is 38.8 Å². The van der Waals surface area contributed by atoms with Crippen molar-refractivity contribution in [2.24, 2.45) is 0 Å². The van der Waals surface area contributed by atoms with Crippen LogP contribution in [-0.4, -0.2) is 15.8 Å². The summed E-state index contributed by atoms with van der Waals surface area (Å²) in [5.74, 6) is -0.433. The fraction of sp³-hybridized carbons (Fsp3) is 0. The van der Waals surface area contributed by atoms with Gasteiger partial charge in [0.25, 0.3) is 11.6 Å². The number of nitro benzene ring substituents is 1. The topological polar surface area (TPSA) is 85.1 Å². The number of nitro groups is 1. The number of rotatable bonds is 4. The fourth-order valence-corrected chi connectivity index (χ4v) is 3.54. The van der Waals surface area contributed by atoms with E-state index in [0.29, 0.717) is 5.13 Å². The van der Waals surface area contributed by atoms with E-state index in [9.17, 15) is 14.9 Å². The number of nitrogens with one attached hydrogen (secondary N) is 1. The molecule has 0 aliphatic rings. The Morgan fingerprint density at radius 1 is 1.04 bits per heavy atom. The SMILES string of the molecule is O=C(Nc1nc(-c2cccc3ccccc23)cs1)c1cccc([N+](=O)[O-])c1. The van der Waals surface area contributed by atoms with E-state index in [1.165, 1.54) is 35.6 Å². The first-order chi connectivity index (χ1) is 13.1. The molecule has 6 nitrogen and oxygen atoms in total. The first-order valence-corrected chi connectivity index (χ1v) is 8.99. The van der Waals surface area contributed by atoms with Crippen molar-refractivity contribution in [2.45, 2.75) is 0 Å². The van der Waals surface area contributed by atoms with Crippen molar-refractivity contribution in [2.75, 3.05) is 5.32 Å². The molecule has 4 rings (SSSR count). The van der Waals surface area contributed by atoms with Gasteiger partial charge in [-0.15, -0.1) is 11.3 Å². The molecule has 7 heteroatoms. The first kappa shape index (κ1) is 16.9. The maximum Gasteiger partial charge on any atom is 0.270 e. The summed E-state index contributed by atoms with van der Waals surface area (Å²) in [6, 6.07) is 19.6. The van der Waals surface area contributed by atoms with Crippen LogP contribution in [0, 0.1) is 10.1 Å². The summed E-state index contributed by atoms with van der Waals surface area (Å²) in [5.41, 5.74) is 1.84. The van der Waals surface area contributed by atoms with Crippen molar-refractivity contribution in [1.29, 1.82) is 0 Å². The van der Waals surface area contributed by atoms with Gasteiger partial charge in [-0.2, -0.15) is 0 Å². The molecule has 0 radical (unpaired) electrons. The number of non-ortho nitro benzene ring substituents is 1. The van der Waals surface area contributed by atoms with Gasteiger partial charge in [0.15, 0.2) is 5.13 Å². The van der Waals surface area contributed by atoms with Crippen LogP contribution >= 0.6 is 11.3 Å². The van der Waals surface area contributed by atoms with Crippen LogP contribution in [0.3, 0.4) is 0 Å². The van der Waals surface area contributed by atoms with Crippen LogP contribution < -0.4 is 5.32 Å². The number of anilines is 1. The maximum atomic E-state index is 12.4. The van der Waals surface area contributed by atoms with E-state index in [4.69, 9.17) is 0 Å². The monoisotopic (exact) mass is 375 g/mol. The molecule has 1 aromatic heterocycles. The average Bonchev–Trinajstić information content (AvgIpc) is 3.16. The molecule has 1 N–H and O–H groups in total. The minimum atomic E-state index is -0.529. The number of hydrogen-bond acceptors (Lipinski definition) is 5. The van der Waals surface area contributed by atoms with E-state index in [1.54, 1.807) is 0 Å². The molecule has 27 heavy (non-hydrogen) atoms. The number of carbonyl (C=O) groups excluding carboxylic acids is 1. The highest BCUT2D eigenvalue weighted by Crippen LogP contribution is 2.31. The fourth-order valence-electron chi connectivity index (χ4n) is 2.83. The predicted octanol–water partition coefficient (Wildman–Crippen LogP) is 5.12. The second-order valence-corrected chi connectivity index (χ2v) is 6.68. The number of hydrogen-bond donors (Lipinski definition) is 1. The highest BCUT2D eigenvalue weighted by molar-refractivity contribution is 7.14. The summed E-state index contributed by atoms with van der Waals surface area (Å²) in [6.45, 7) is 0. The number of amides is 1. The molecule has 0 saturated heterocycles. The van der Waals surface area contributed by atoms with E-state index in [1.807, 2.05) is 47.8 Å². The third kappa shape index (κ3) is 3.40. The maximum absolute atomic E-state index is 12.4. The second kappa shape index (κ2) is 6.97. The van der Waals surface area contributed by atoms with E-state index in [2.05, 4.69) is 10.3 Å². The summed E-state index contributed by atoms with van der Waals surface area (Å²) in [6.07, 6.45) is 0. The van der Waals surface area contributed by atoms with Crippen LogP contribution in [0.2, 0.25) is 0 Å². The molecule has 0 spiro atoms. The van der Waals surface area contributed by atoms with Gasteiger partial charge in [-0.1, -0.05) is 48.5 Å². The molecular weight excluding hydrogens is 362 g/mol. The number of carbonyl (C=O) groups is 1. The molecule has 0 aliphatic carbocycles. The van der Waals surface area contributed by atoms with Gasteiger partial charge in [0, 0.05) is 28.6 Å². The Kier molecular flexibility index (Phi) is 4.35. The number of aromatic nitrogens is 1. The standard InChI is InChI=1S/C20H13N3O3S/c24-19(14-7-3-8-15(11-14)23(25)26)22-20-21-18(12-27-20)17-10-4-6-13-5-1-2-9-16(13)17/h1-12H,(H,21,22,24). The lowest BCUT2D eigenvalue weighted by atomic mass is 10.0. The van der Waals surface area contributed by atoms with E-state index >= 15 is 0 Å². The Balaban J connectivity index is 1.60. The zero-order valence-corrected chi connectivity index (χ0v) is 14.8. The third-order valence-electron chi connectivity index (χ3n) is 4.11. The summed E-state index contributed by atoms with van der Waals surface area (Å²) in [4.78, 5) is 27.2. The van der Waals surface area contributed by atoms with Crippen molar-refractivity contribution < 1.29 is 9.72 Å². The van der Waals surface area contributed by atoms with Crippen LogP contribution in [0.15, 0.2) is 72.1 Å². The van der Waals surface area contributed by atoms with Crippen LogP contribution in [0.25, 0.3) is 22.0 Å². The second-order valence-electron chi connectivity index (χ2n) is 5.83. The Hall–Kier alpha value is -3.58. The van der Waals surface area contributed by atoms with Crippen molar-refractivity contribution in [1.82, 2.24) is 4.98 Å². The molecule has 0 unspecified atom stereocenters. The molecule has 0 atom stereocenters. The lowest BCUT2D eigenvalue weighted by molar-refractivity contribution is -0.384. The molecule has 1 heterocycles. The van der Waals surface area contributed by atoms with Gasteiger partial charge in [0.1, 0.15) is 0 Å². The van der Waals surface area contributed by atoms with Gasteiger partial charge in [-0.3, -0.25) is 20.2 Å². The van der Waals surface area contributed by atoms with Gasteiger partial charge in [0.05, 0.1) is 10.6 Å². The number of benzene rings is 3. The summed E-state index contributed by atoms with van der Waals surface area (Å²) < 4.78 is 0. The molecular formula is C20H13N3O3S. The zero-order valence-electron chi connectivity index (χ0n) is 14.0. The smallest absolute Gasteiger partial charge is 0.270 e. The molecule has 1 amide bonds. The largest absolute Gasteiger partial charge is 0.298 e. The zero-order chi connectivity index (χ0) is 18.8. The van der Waals surface area contributed by atoms with Crippen molar-refractivity contribution in [3.8, 4) is 11.3 Å². The minimum absolute atomic E-state index is 0.127. The summed E-state index contributed by atoms with van der Waals surface area (Å²) in [7, 11) is 0. The van der Waals surface area contributed by atoms with E-state index in [0.717, 1.165) is 22.0 Å². The Bertz CT molecular complexity index is 1160. The van der Waals surface area contributed by atoms with Crippen LogP contribution in [0.1, 0.15) is 10.4 Å². The summed E-state index contributed by atoms with van der Waals surface area (Å²) in [5, 5.41) is 18.1. The molecule has 0 bridgehead atoms. The average molecular weight is 375 g/mol. The van der Waals surface area contributed by atoms with Crippen molar-refractivity contribution in [3.05, 3.63) is 87.8 Å². The van der Waals surface area contributed by atoms with Gasteiger partial charge >= 0.3 is 0 Å².